The highest BCUT2D eigenvalue weighted by Gasteiger charge is 2.07. The van der Waals surface area contributed by atoms with Gasteiger partial charge >= 0.3 is 0 Å². The first-order chi connectivity index (χ1) is 6.20. The zero-order valence-electron chi connectivity index (χ0n) is 7.12. The zero-order chi connectivity index (χ0) is 9.84. The molecule has 0 saturated carbocycles. The van der Waals surface area contributed by atoms with Crippen molar-refractivity contribution in [2.75, 3.05) is 0 Å². The molecule has 1 rings (SSSR count). The molecule has 2 nitrogen and oxygen atoms in total. The van der Waals surface area contributed by atoms with Gasteiger partial charge in [-0.1, -0.05) is 23.8 Å². The summed E-state index contributed by atoms with van der Waals surface area (Å²) < 4.78 is 0. The Labute approximate surface area is 81.5 Å². The van der Waals surface area contributed by atoms with Crippen LogP contribution in [0.3, 0.4) is 0 Å². The quantitative estimate of drug-likeness (QED) is 0.739. The zero-order valence-corrected chi connectivity index (χ0v) is 7.88. The summed E-state index contributed by atoms with van der Waals surface area (Å²) in [6.45, 7) is 1.81. The molecule has 0 atom stereocenters. The summed E-state index contributed by atoms with van der Waals surface area (Å²) in [5, 5.41) is 9.68. The predicted octanol–water partition coefficient (Wildman–Crippen LogP) is 2.89. The van der Waals surface area contributed by atoms with Crippen LogP contribution in [0.25, 0.3) is 6.08 Å². The number of hydrogen-bond donors (Lipinski definition) is 1. The lowest BCUT2D eigenvalue weighted by atomic mass is 10.1. The minimum Gasteiger partial charge on any atom is -0.507 e. The number of aromatic hydroxyl groups is 1. The summed E-state index contributed by atoms with van der Waals surface area (Å²) >= 11 is 5.85. The maximum Gasteiger partial charge on any atom is 0.151 e. The van der Waals surface area contributed by atoms with Gasteiger partial charge in [0.15, 0.2) is 6.29 Å². The Hall–Kier alpha value is -1.28. The lowest BCUT2D eigenvalue weighted by Crippen LogP contribution is -1.85. The average Bonchev–Trinajstić information content (AvgIpc) is 2.12. The van der Waals surface area contributed by atoms with Crippen molar-refractivity contribution in [3.05, 3.63) is 34.4 Å². The molecular formula is C10H9ClO2. The van der Waals surface area contributed by atoms with E-state index in [2.05, 4.69) is 0 Å². The highest BCUT2D eigenvalue weighted by molar-refractivity contribution is 6.34. The van der Waals surface area contributed by atoms with E-state index in [1.807, 2.05) is 6.92 Å². The van der Waals surface area contributed by atoms with Crippen LogP contribution >= 0.6 is 11.6 Å². The summed E-state index contributed by atoms with van der Waals surface area (Å²) in [4.78, 5) is 10.5. The first-order valence-electron chi connectivity index (χ1n) is 3.80. The number of carbonyl (C=O) groups is 1. The van der Waals surface area contributed by atoms with Crippen molar-refractivity contribution in [3.63, 3.8) is 0 Å². The van der Waals surface area contributed by atoms with Crippen molar-refractivity contribution >= 4 is 24.0 Å². The van der Waals surface area contributed by atoms with Crippen LogP contribution in [0.4, 0.5) is 0 Å². The van der Waals surface area contributed by atoms with Gasteiger partial charge in [-0.15, -0.1) is 0 Å². The number of phenols is 1. The van der Waals surface area contributed by atoms with E-state index in [0.29, 0.717) is 17.4 Å². The highest BCUT2D eigenvalue weighted by Crippen LogP contribution is 2.29. The van der Waals surface area contributed by atoms with Crippen LogP contribution in [0.2, 0.25) is 5.02 Å². The van der Waals surface area contributed by atoms with Crippen LogP contribution in [0, 0.1) is 0 Å². The van der Waals surface area contributed by atoms with Gasteiger partial charge in [-0.05, 0) is 19.1 Å². The lowest BCUT2D eigenvalue weighted by molar-refractivity contribution is 0.112. The van der Waals surface area contributed by atoms with Crippen LogP contribution < -0.4 is 0 Å². The molecule has 0 aliphatic heterocycles. The first kappa shape index (κ1) is 9.81. The molecule has 1 N–H and O–H groups in total. The number of carbonyl (C=O) groups excluding carboxylic acids is 1. The predicted molar refractivity (Wildman–Crippen MR) is 53.2 cm³/mol. The molecule has 0 radical (unpaired) electrons. The normalized spacial score (nSPS) is 10.6. The molecule has 0 bridgehead atoms. The third kappa shape index (κ3) is 1.90. The van der Waals surface area contributed by atoms with E-state index >= 15 is 0 Å². The van der Waals surface area contributed by atoms with Crippen molar-refractivity contribution in [1.29, 1.82) is 0 Å². The molecule has 0 heterocycles. The molecule has 0 amide bonds. The average molecular weight is 197 g/mol. The fourth-order valence-corrected chi connectivity index (χ4v) is 1.28. The second-order valence-corrected chi connectivity index (χ2v) is 2.90. The monoisotopic (exact) mass is 196 g/mol. The highest BCUT2D eigenvalue weighted by atomic mass is 35.5. The Morgan fingerprint density at radius 2 is 2.15 bits per heavy atom. The molecule has 0 aliphatic rings. The summed E-state index contributed by atoms with van der Waals surface area (Å²) in [6, 6.07) is 2.93. The molecule has 3 heteroatoms. The molecule has 0 saturated heterocycles. The first-order valence-corrected chi connectivity index (χ1v) is 4.17. The van der Waals surface area contributed by atoms with Crippen molar-refractivity contribution in [2.45, 2.75) is 6.92 Å². The van der Waals surface area contributed by atoms with Crippen molar-refractivity contribution in [1.82, 2.24) is 0 Å². The van der Waals surface area contributed by atoms with Crippen LogP contribution in [-0.2, 0) is 0 Å². The molecule has 1 aromatic rings. The number of rotatable bonds is 2. The van der Waals surface area contributed by atoms with E-state index in [4.69, 9.17) is 11.6 Å². The van der Waals surface area contributed by atoms with Gasteiger partial charge in [0.25, 0.3) is 0 Å². The standard InChI is InChI=1S/C10H9ClO2/c1-2-3-8-9(13)5-4-7(6-12)10(8)11/h2-6,13H,1H3. The van der Waals surface area contributed by atoms with Gasteiger partial charge in [-0.25, -0.2) is 0 Å². The number of allylic oxidation sites excluding steroid dienone is 1. The Kier molecular flexibility index (Phi) is 3.09. The van der Waals surface area contributed by atoms with Gasteiger partial charge in [0.1, 0.15) is 5.75 Å². The van der Waals surface area contributed by atoms with Crippen LogP contribution in [0.1, 0.15) is 22.8 Å². The number of benzene rings is 1. The topological polar surface area (TPSA) is 37.3 Å². The van der Waals surface area contributed by atoms with Crippen LogP contribution in [0.15, 0.2) is 18.2 Å². The van der Waals surface area contributed by atoms with Gasteiger partial charge in [-0.3, -0.25) is 4.79 Å². The molecule has 68 valence electrons. The molecule has 13 heavy (non-hydrogen) atoms. The van der Waals surface area contributed by atoms with Crippen molar-refractivity contribution < 1.29 is 9.90 Å². The van der Waals surface area contributed by atoms with Crippen molar-refractivity contribution in [2.24, 2.45) is 0 Å². The van der Waals surface area contributed by atoms with Gasteiger partial charge in [-0.2, -0.15) is 0 Å². The summed E-state index contributed by atoms with van der Waals surface area (Å²) in [5.74, 6) is 0.0775. The Morgan fingerprint density at radius 1 is 1.46 bits per heavy atom. The second-order valence-electron chi connectivity index (χ2n) is 2.52. The summed E-state index contributed by atoms with van der Waals surface area (Å²) in [7, 11) is 0. The molecular weight excluding hydrogens is 188 g/mol. The van der Waals surface area contributed by atoms with Crippen molar-refractivity contribution in [3.8, 4) is 5.75 Å². The fraction of sp³-hybridized carbons (Fsp3) is 0.100. The summed E-state index contributed by atoms with van der Waals surface area (Å²) in [5.41, 5.74) is 0.862. The van der Waals surface area contributed by atoms with Gasteiger partial charge < -0.3 is 5.11 Å². The molecule has 0 aliphatic carbocycles. The molecule has 0 spiro atoms. The maximum absolute atomic E-state index is 10.5. The third-order valence-corrected chi connectivity index (χ3v) is 2.07. The number of hydrogen-bond acceptors (Lipinski definition) is 2. The summed E-state index contributed by atoms with van der Waals surface area (Å²) in [6.07, 6.45) is 4.06. The van der Waals surface area contributed by atoms with Gasteiger partial charge in [0, 0.05) is 11.1 Å². The fourth-order valence-electron chi connectivity index (χ4n) is 1.02. The molecule has 0 fully saturated rings. The van der Waals surface area contributed by atoms with E-state index in [9.17, 15) is 9.90 Å². The minimum absolute atomic E-state index is 0.0775. The van der Waals surface area contributed by atoms with E-state index in [1.54, 1.807) is 12.2 Å². The molecule has 0 unspecified atom stereocenters. The van der Waals surface area contributed by atoms with E-state index < -0.39 is 0 Å². The smallest absolute Gasteiger partial charge is 0.151 e. The second kappa shape index (κ2) is 4.10. The minimum atomic E-state index is 0.0775. The lowest BCUT2D eigenvalue weighted by Gasteiger charge is -2.03. The third-order valence-electron chi connectivity index (χ3n) is 1.65. The number of aldehydes is 1. The van der Waals surface area contributed by atoms with E-state index in [1.165, 1.54) is 12.1 Å². The largest absolute Gasteiger partial charge is 0.507 e. The van der Waals surface area contributed by atoms with Crippen LogP contribution in [-0.4, -0.2) is 11.4 Å². The Balaban J connectivity index is 3.37. The number of halogens is 1. The SMILES string of the molecule is CC=Cc1c(O)ccc(C=O)c1Cl. The van der Waals surface area contributed by atoms with E-state index in [0.717, 1.165) is 0 Å². The van der Waals surface area contributed by atoms with Gasteiger partial charge in [0.05, 0.1) is 5.02 Å². The van der Waals surface area contributed by atoms with E-state index in [-0.39, 0.29) is 10.8 Å². The van der Waals surface area contributed by atoms with Gasteiger partial charge in [0.2, 0.25) is 0 Å². The molecule has 1 aromatic carbocycles. The number of phenolic OH excluding ortho intramolecular Hbond substituents is 1. The Bertz CT molecular complexity index is 356. The Morgan fingerprint density at radius 3 is 2.69 bits per heavy atom. The van der Waals surface area contributed by atoms with Crippen LogP contribution in [0.5, 0.6) is 5.75 Å². The molecule has 0 aromatic heterocycles. The maximum atomic E-state index is 10.5.